The molecule has 120 valence electrons. The predicted molar refractivity (Wildman–Crippen MR) is 74.1 cm³/mol. The van der Waals surface area contributed by atoms with Gasteiger partial charge in [-0.05, 0) is 6.42 Å². The van der Waals surface area contributed by atoms with E-state index in [-0.39, 0.29) is 6.42 Å². The van der Waals surface area contributed by atoms with Gasteiger partial charge in [0.2, 0.25) is 0 Å². The van der Waals surface area contributed by atoms with Gasteiger partial charge >= 0.3 is 0 Å². The number of Topliss-reactive ketones (excluding diaryl/α,β-unsaturated/α-hetero) is 1. The van der Waals surface area contributed by atoms with E-state index in [1.165, 1.54) is 6.42 Å². The molecule has 0 radical (unpaired) electrons. The minimum absolute atomic E-state index is 0.265. The van der Waals surface area contributed by atoms with Crippen LogP contribution in [0.4, 0.5) is 0 Å². The van der Waals surface area contributed by atoms with Crippen molar-refractivity contribution in [1.82, 2.24) is 0 Å². The van der Waals surface area contributed by atoms with Crippen molar-refractivity contribution in [3.8, 4) is 0 Å². The van der Waals surface area contributed by atoms with Crippen molar-refractivity contribution in [3.63, 3.8) is 0 Å². The van der Waals surface area contributed by atoms with Crippen molar-refractivity contribution in [2.24, 2.45) is 0 Å². The van der Waals surface area contributed by atoms with Crippen molar-refractivity contribution in [2.45, 2.75) is 76.3 Å². The molecule has 0 aliphatic rings. The van der Waals surface area contributed by atoms with Crippen LogP contribution in [0, 0.1) is 0 Å². The van der Waals surface area contributed by atoms with Gasteiger partial charge < -0.3 is 25.5 Å². The van der Waals surface area contributed by atoms with Gasteiger partial charge in [0.1, 0.15) is 18.3 Å². The summed E-state index contributed by atoms with van der Waals surface area (Å²) < 4.78 is 0. The third-order valence-corrected chi connectivity index (χ3v) is 3.35. The van der Waals surface area contributed by atoms with Crippen molar-refractivity contribution in [3.05, 3.63) is 0 Å². The summed E-state index contributed by atoms with van der Waals surface area (Å²) in [5.41, 5.74) is 0. The van der Waals surface area contributed by atoms with Crippen LogP contribution in [0.3, 0.4) is 0 Å². The lowest BCUT2D eigenvalue weighted by molar-refractivity contribution is -0.149. The highest BCUT2D eigenvalue weighted by Crippen LogP contribution is 2.12. The highest BCUT2D eigenvalue weighted by Gasteiger charge is 2.32. The average Bonchev–Trinajstić information content (AvgIpc) is 2.47. The highest BCUT2D eigenvalue weighted by molar-refractivity contribution is 5.88. The fourth-order valence-electron chi connectivity index (χ4n) is 1.95. The Labute approximate surface area is 120 Å². The number of carbonyl (C=O) groups excluding carboxylic acids is 1. The first-order valence-corrected chi connectivity index (χ1v) is 7.32. The van der Waals surface area contributed by atoms with Crippen LogP contribution in [0.1, 0.15) is 51.9 Å². The summed E-state index contributed by atoms with van der Waals surface area (Å²) in [5.74, 6) is -1.06. The van der Waals surface area contributed by atoms with E-state index in [0.29, 0.717) is 6.42 Å². The summed E-state index contributed by atoms with van der Waals surface area (Å²) >= 11 is 0. The molecule has 0 aromatic heterocycles. The van der Waals surface area contributed by atoms with E-state index < -0.39 is 36.8 Å². The van der Waals surface area contributed by atoms with Crippen LogP contribution in [0.5, 0.6) is 0 Å². The summed E-state index contributed by atoms with van der Waals surface area (Å²) in [6, 6.07) is 0. The Morgan fingerprint density at radius 1 is 0.850 bits per heavy atom. The van der Waals surface area contributed by atoms with E-state index in [1.54, 1.807) is 0 Å². The minimum atomic E-state index is -1.88. The Hall–Kier alpha value is -0.530. The monoisotopic (exact) mass is 292 g/mol. The maximum atomic E-state index is 11.5. The fourth-order valence-corrected chi connectivity index (χ4v) is 1.95. The summed E-state index contributed by atoms with van der Waals surface area (Å²) in [7, 11) is 0. The molecule has 6 nitrogen and oxygen atoms in total. The summed E-state index contributed by atoms with van der Waals surface area (Å²) in [6.07, 6.45) is -0.125. The number of carbonyl (C=O) groups is 1. The molecule has 0 spiro atoms. The first kappa shape index (κ1) is 19.5. The fraction of sp³-hybridized carbons (Fsp3) is 0.929. The molecule has 0 aromatic rings. The Bertz CT molecular complexity index is 258. The number of aliphatic hydroxyl groups is 5. The topological polar surface area (TPSA) is 118 Å². The lowest BCUT2D eigenvalue weighted by Crippen LogP contribution is -2.46. The molecule has 0 saturated carbocycles. The number of ketones is 1. The molecule has 0 heterocycles. The number of hydrogen-bond acceptors (Lipinski definition) is 6. The SMILES string of the molecule is CCCCCCCCC(O)[C@H](O)C(=O)[C@H](O)[C@H](O)CO. The minimum Gasteiger partial charge on any atom is -0.394 e. The first-order valence-electron chi connectivity index (χ1n) is 7.32. The van der Waals surface area contributed by atoms with E-state index in [9.17, 15) is 20.1 Å². The van der Waals surface area contributed by atoms with Crippen LogP contribution < -0.4 is 0 Å². The Morgan fingerprint density at radius 3 is 1.90 bits per heavy atom. The van der Waals surface area contributed by atoms with Crippen LogP contribution in [0.2, 0.25) is 0 Å². The normalized spacial score (nSPS) is 17.5. The van der Waals surface area contributed by atoms with E-state index in [4.69, 9.17) is 10.2 Å². The van der Waals surface area contributed by atoms with Gasteiger partial charge in [0, 0.05) is 0 Å². The zero-order valence-electron chi connectivity index (χ0n) is 12.1. The molecule has 6 heteroatoms. The molecule has 20 heavy (non-hydrogen) atoms. The number of aliphatic hydroxyl groups excluding tert-OH is 5. The van der Waals surface area contributed by atoms with Gasteiger partial charge in [-0.3, -0.25) is 4.79 Å². The molecule has 1 unspecified atom stereocenters. The summed E-state index contributed by atoms with van der Waals surface area (Å²) in [5, 5.41) is 46.3. The largest absolute Gasteiger partial charge is 0.394 e. The van der Waals surface area contributed by atoms with Crippen molar-refractivity contribution < 1.29 is 30.3 Å². The van der Waals surface area contributed by atoms with Crippen LogP contribution in [-0.2, 0) is 4.79 Å². The molecule has 0 aromatic carbocycles. The zero-order valence-corrected chi connectivity index (χ0v) is 12.1. The van der Waals surface area contributed by atoms with Crippen LogP contribution in [0.15, 0.2) is 0 Å². The Morgan fingerprint density at radius 2 is 1.35 bits per heavy atom. The Kier molecular flexibility index (Phi) is 10.9. The second-order valence-electron chi connectivity index (χ2n) is 5.17. The molecular formula is C14H28O6. The second kappa shape index (κ2) is 11.2. The molecule has 0 aliphatic heterocycles. The van der Waals surface area contributed by atoms with Gasteiger partial charge in [0.15, 0.2) is 5.78 Å². The molecule has 0 aliphatic carbocycles. The molecule has 5 N–H and O–H groups in total. The molecular weight excluding hydrogens is 264 g/mol. The van der Waals surface area contributed by atoms with Crippen LogP contribution >= 0.6 is 0 Å². The lowest BCUT2D eigenvalue weighted by atomic mass is 9.97. The summed E-state index contributed by atoms with van der Waals surface area (Å²) in [6.45, 7) is 1.34. The van der Waals surface area contributed by atoms with Crippen LogP contribution in [-0.4, -0.2) is 62.3 Å². The van der Waals surface area contributed by atoms with Gasteiger partial charge in [-0.1, -0.05) is 45.4 Å². The maximum absolute atomic E-state index is 11.5. The lowest BCUT2D eigenvalue weighted by Gasteiger charge is -2.21. The quantitative estimate of drug-likeness (QED) is 0.316. The predicted octanol–water partition coefficient (Wildman–Crippen LogP) is -0.258. The van der Waals surface area contributed by atoms with Gasteiger partial charge in [-0.2, -0.15) is 0 Å². The first-order chi connectivity index (χ1) is 9.45. The molecule has 0 bridgehead atoms. The zero-order chi connectivity index (χ0) is 15.5. The summed E-state index contributed by atoms with van der Waals surface area (Å²) in [4.78, 5) is 11.5. The third-order valence-electron chi connectivity index (χ3n) is 3.35. The van der Waals surface area contributed by atoms with Crippen LogP contribution in [0.25, 0.3) is 0 Å². The molecule has 0 rings (SSSR count). The smallest absolute Gasteiger partial charge is 0.195 e. The van der Waals surface area contributed by atoms with Crippen molar-refractivity contribution in [1.29, 1.82) is 0 Å². The second-order valence-corrected chi connectivity index (χ2v) is 5.17. The van der Waals surface area contributed by atoms with Gasteiger partial charge in [-0.15, -0.1) is 0 Å². The van der Waals surface area contributed by atoms with E-state index >= 15 is 0 Å². The Balaban J connectivity index is 3.96. The molecule has 0 fully saturated rings. The standard InChI is InChI=1S/C14H28O6/c1-2-3-4-5-6-7-8-10(16)12(18)14(20)13(19)11(17)9-15/h10-13,15-19H,2-9H2,1H3/t10?,11-,12+,13-/m1/s1. The number of hydrogen-bond donors (Lipinski definition) is 5. The third kappa shape index (κ3) is 7.31. The van der Waals surface area contributed by atoms with E-state index in [1.807, 2.05) is 0 Å². The number of rotatable bonds is 12. The molecule has 0 amide bonds. The molecule has 4 atom stereocenters. The number of unbranched alkanes of at least 4 members (excludes halogenated alkanes) is 5. The van der Waals surface area contributed by atoms with Gasteiger partial charge in [0.25, 0.3) is 0 Å². The van der Waals surface area contributed by atoms with E-state index in [2.05, 4.69) is 6.92 Å². The van der Waals surface area contributed by atoms with Crippen molar-refractivity contribution in [2.75, 3.05) is 6.61 Å². The highest BCUT2D eigenvalue weighted by atomic mass is 16.4. The van der Waals surface area contributed by atoms with E-state index in [0.717, 1.165) is 25.7 Å². The average molecular weight is 292 g/mol. The van der Waals surface area contributed by atoms with Gasteiger partial charge in [-0.25, -0.2) is 0 Å². The maximum Gasteiger partial charge on any atom is 0.195 e. The molecule has 0 saturated heterocycles. The van der Waals surface area contributed by atoms with Gasteiger partial charge in [0.05, 0.1) is 12.7 Å². The van der Waals surface area contributed by atoms with Crippen molar-refractivity contribution >= 4 is 5.78 Å².